The number of aromatic nitrogens is 4. The summed E-state index contributed by atoms with van der Waals surface area (Å²) in [4.78, 5) is 8.17. The van der Waals surface area contributed by atoms with Crippen molar-refractivity contribution in [1.82, 2.24) is 19.1 Å². The molecule has 2 aromatic carbocycles. The van der Waals surface area contributed by atoms with Gasteiger partial charge in [-0.05, 0) is 34.0 Å². The Morgan fingerprint density at radius 3 is 1.59 bits per heavy atom. The lowest BCUT2D eigenvalue weighted by Gasteiger charge is -2.07. The van der Waals surface area contributed by atoms with Gasteiger partial charge < -0.3 is 9.13 Å². The van der Waals surface area contributed by atoms with Crippen molar-refractivity contribution in [2.45, 2.75) is 13.1 Å². The summed E-state index contributed by atoms with van der Waals surface area (Å²) in [6.07, 6.45) is 11.3. The monoisotopic (exact) mass is 288 g/mol. The van der Waals surface area contributed by atoms with Crippen molar-refractivity contribution < 1.29 is 0 Å². The van der Waals surface area contributed by atoms with Crippen LogP contribution in [0.15, 0.2) is 73.8 Å². The maximum atomic E-state index is 4.08. The van der Waals surface area contributed by atoms with E-state index in [2.05, 4.69) is 55.5 Å². The summed E-state index contributed by atoms with van der Waals surface area (Å²) >= 11 is 0. The van der Waals surface area contributed by atoms with Gasteiger partial charge in [-0.1, -0.05) is 24.3 Å². The van der Waals surface area contributed by atoms with E-state index in [0.29, 0.717) is 0 Å². The number of hydrogen-bond acceptors (Lipinski definition) is 2. The summed E-state index contributed by atoms with van der Waals surface area (Å²) < 4.78 is 4.16. The highest BCUT2D eigenvalue weighted by atomic mass is 15.0. The Kier molecular flexibility index (Phi) is 3.20. The zero-order valence-corrected chi connectivity index (χ0v) is 12.1. The second kappa shape index (κ2) is 5.48. The molecule has 4 rings (SSSR count). The second-order valence-corrected chi connectivity index (χ2v) is 5.49. The highest BCUT2D eigenvalue weighted by molar-refractivity contribution is 5.83. The van der Waals surface area contributed by atoms with Crippen molar-refractivity contribution in [3.63, 3.8) is 0 Å². The lowest BCUT2D eigenvalue weighted by Crippen LogP contribution is -1.97. The Labute approximate surface area is 128 Å². The summed E-state index contributed by atoms with van der Waals surface area (Å²) in [5.41, 5.74) is 2.57. The van der Waals surface area contributed by atoms with Gasteiger partial charge in [0.2, 0.25) is 0 Å². The SMILES string of the molecule is c1cn(Cc2ccc3cc(Cn4ccnc4)ccc3c2)cn1. The van der Waals surface area contributed by atoms with Crippen LogP contribution in [0.5, 0.6) is 0 Å². The fourth-order valence-electron chi connectivity index (χ4n) is 2.72. The van der Waals surface area contributed by atoms with Crippen molar-refractivity contribution in [2.24, 2.45) is 0 Å². The maximum absolute atomic E-state index is 4.08. The molecule has 4 heteroatoms. The first-order valence-electron chi connectivity index (χ1n) is 7.30. The average molecular weight is 288 g/mol. The van der Waals surface area contributed by atoms with Crippen LogP contribution in [0.4, 0.5) is 0 Å². The predicted octanol–water partition coefficient (Wildman–Crippen LogP) is 3.33. The van der Waals surface area contributed by atoms with Crippen LogP contribution in [0.2, 0.25) is 0 Å². The van der Waals surface area contributed by atoms with Crippen LogP contribution in [0.25, 0.3) is 10.8 Å². The first-order chi connectivity index (χ1) is 10.9. The van der Waals surface area contributed by atoms with E-state index < -0.39 is 0 Å². The molecule has 0 amide bonds. The van der Waals surface area contributed by atoms with E-state index in [1.165, 1.54) is 21.9 Å². The van der Waals surface area contributed by atoms with E-state index in [4.69, 9.17) is 0 Å². The zero-order chi connectivity index (χ0) is 14.8. The fraction of sp³-hybridized carbons (Fsp3) is 0.111. The van der Waals surface area contributed by atoms with Crippen LogP contribution >= 0.6 is 0 Å². The topological polar surface area (TPSA) is 35.6 Å². The molecule has 108 valence electrons. The standard InChI is InChI=1S/C18H16N4/c1-3-17-10-16(12-22-8-6-20-14-22)2-4-18(17)9-15(1)11-21-7-5-19-13-21/h1-10,13-14H,11-12H2. The molecule has 0 saturated carbocycles. The zero-order valence-electron chi connectivity index (χ0n) is 12.1. The molecule has 0 spiro atoms. The second-order valence-electron chi connectivity index (χ2n) is 5.49. The molecule has 0 atom stereocenters. The first kappa shape index (κ1) is 12.8. The van der Waals surface area contributed by atoms with Gasteiger partial charge in [-0.25, -0.2) is 9.97 Å². The van der Waals surface area contributed by atoms with Gasteiger partial charge >= 0.3 is 0 Å². The van der Waals surface area contributed by atoms with E-state index in [0.717, 1.165) is 13.1 Å². The minimum atomic E-state index is 0.854. The number of nitrogens with zero attached hydrogens (tertiary/aromatic N) is 4. The number of rotatable bonds is 4. The maximum Gasteiger partial charge on any atom is 0.0949 e. The van der Waals surface area contributed by atoms with E-state index in [1.807, 2.05) is 37.4 Å². The third-order valence-electron chi connectivity index (χ3n) is 3.82. The molecule has 4 aromatic rings. The van der Waals surface area contributed by atoms with Crippen molar-refractivity contribution in [3.05, 3.63) is 85.0 Å². The summed E-state index contributed by atoms with van der Waals surface area (Å²) in [7, 11) is 0. The van der Waals surface area contributed by atoms with Crippen molar-refractivity contribution in [2.75, 3.05) is 0 Å². The largest absolute Gasteiger partial charge is 0.333 e. The number of imidazole rings is 2. The summed E-state index contributed by atoms with van der Waals surface area (Å²) in [6.45, 7) is 1.71. The number of hydrogen-bond donors (Lipinski definition) is 0. The normalized spacial score (nSPS) is 11.1. The van der Waals surface area contributed by atoms with Crippen LogP contribution in [-0.2, 0) is 13.1 Å². The van der Waals surface area contributed by atoms with Gasteiger partial charge in [0.05, 0.1) is 12.7 Å². The highest BCUT2D eigenvalue weighted by Crippen LogP contribution is 2.19. The Bertz CT molecular complexity index is 801. The van der Waals surface area contributed by atoms with E-state index in [1.54, 1.807) is 0 Å². The Hall–Kier alpha value is -2.88. The van der Waals surface area contributed by atoms with Gasteiger partial charge in [-0.15, -0.1) is 0 Å². The molecule has 0 saturated heterocycles. The van der Waals surface area contributed by atoms with Gasteiger partial charge in [0.15, 0.2) is 0 Å². The molecule has 0 unspecified atom stereocenters. The Balaban J connectivity index is 1.61. The van der Waals surface area contributed by atoms with Gasteiger partial charge in [-0.2, -0.15) is 0 Å². The molecule has 0 aliphatic rings. The predicted molar refractivity (Wildman–Crippen MR) is 86.6 cm³/mol. The fourth-order valence-corrected chi connectivity index (χ4v) is 2.72. The molecule has 0 bridgehead atoms. The summed E-state index contributed by atoms with van der Waals surface area (Å²) in [5, 5.41) is 2.54. The molecule has 2 aromatic heterocycles. The lowest BCUT2D eigenvalue weighted by molar-refractivity contribution is 0.797. The Morgan fingerprint density at radius 2 is 1.18 bits per heavy atom. The van der Waals surface area contributed by atoms with Crippen molar-refractivity contribution >= 4 is 10.8 Å². The summed E-state index contributed by atoms with van der Waals surface area (Å²) in [6, 6.07) is 13.2. The quantitative estimate of drug-likeness (QED) is 0.577. The minimum absolute atomic E-state index is 0.854. The Morgan fingerprint density at radius 1 is 0.682 bits per heavy atom. The molecule has 0 aliphatic carbocycles. The highest BCUT2D eigenvalue weighted by Gasteiger charge is 2.01. The van der Waals surface area contributed by atoms with Crippen LogP contribution in [0.1, 0.15) is 11.1 Å². The van der Waals surface area contributed by atoms with Crippen LogP contribution in [0, 0.1) is 0 Å². The van der Waals surface area contributed by atoms with E-state index >= 15 is 0 Å². The summed E-state index contributed by atoms with van der Waals surface area (Å²) in [5.74, 6) is 0. The van der Waals surface area contributed by atoms with Crippen LogP contribution in [0.3, 0.4) is 0 Å². The van der Waals surface area contributed by atoms with E-state index in [-0.39, 0.29) is 0 Å². The van der Waals surface area contributed by atoms with Gasteiger partial charge in [0.25, 0.3) is 0 Å². The molecular weight excluding hydrogens is 272 g/mol. The molecule has 0 N–H and O–H groups in total. The molecular formula is C18H16N4. The van der Waals surface area contributed by atoms with Crippen molar-refractivity contribution in [1.29, 1.82) is 0 Å². The van der Waals surface area contributed by atoms with Crippen LogP contribution in [-0.4, -0.2) is 19.1 Å². The van der Waals surface area contributed by atoms with Crippen molar-refractivity contribution in [3.8, 4) is 0 Å². The average Bonchev–Trinajstić information content (AvgIpc) is 3.21. The lowest BCUT2D eigenvalue weighted by atomic mass is 10.0. The third kappa shape index (κ3) is 2.63. The molecule has 4 nitrogen and oxygen atoms in total. The smallest absolute Gasteiger partial charge is 0.0949 e. The van der Waals surface area contributed by atoms with E-state index in [9.17, 15) is 0 Å². The first-order valence-corrected chi connectivity index (χ1v) is 7.30. The third-order valence-corrected chi connectivity index (χ3v) is 3.82. The molecule has 0 radical (unpaired) electrons. The van der Waals surface area contributed by atoms with Gasteiger partial charge in [0, 0.05) is 37.9 Å². The van der Waals surface area contributed by atoms with Gasteiger partial charge in [0.1, 0.15) is 0 Å². The minimum Gasteiger partial charge on any atom is -0.333 e. The molecule has 22 heavy (non-hydrogen) atoms. The number of fused-ring (bicyclic) bond motifs is 1. The number of benzene rings is 2. The molecule has 0 fully saturated rings. The van der Waals surface area contributed by atoms with Crippen LogP contribution < -0.4 is 0 Å². The van der Waals surface area contributed by atoms with Gasteiger partial charge in [-0.3, -0.25) is 0 Å². The molecule has 0 aliphatic heterocycles. The molecule has 2 heterocycles.